The van der Waals surface area contributed by atoms with Crippen LogP contribution in [0, 0.1) is 0 Å². The van der Waals surface area contributed by atoms with Gasteiger partial charge >= 0.3 is 0 Å². The van der Waals surface area contributed by atoms with Gasteiger partial charge in [-0.05, 0) is 31.0 Å². The minimum absolute atomic E-state index is 0.106. The highest BCUT2D eigenvalue weighted by Gasteiger charge is 2.26. The first kappa shape index (κ1) is 16.5. The molecular formula is C17H19ClN4O2. The second-order valence-electron chi connectivity index (χ2n) is 5.70. The number of carbonyl (C=O) groups is 2. The maximum Gasteiger partial charge on any atom is 0.272 e. The van der Waals surface area contributed by atoms with E-state index in [2.05, 4.69) is 10.4 Å². The van der Waals surface area contributed by atoms with Crippen molar-refractivity contribution in [3.05, 3.63) is 52.3 Å². The van der Waals surface area contributed by atoms with Crippen LogP contribution in [0.4, 0.5) is 0 Å². The van der Waals surface area contributed by atoms with Gasteiger partial charge in [0.2, 0.25) is 0 Å². The lowest BCUT2D eigenvalue weighted by Gasteiger charge is -2.20. The number of carbonyl (C=O) groups excluding carboxylic acids is 2. The molecule has 3 rings (SSSR count). The van der Waals surface area contributed by atoms with Crippen LogP contribution in [0.5, 0.6) is 0 Å². The number of nitrogens with zero attached hydrogens (tertiary/aromatic N) is 3. The Morgan fingerprint density at radius 2 is 2.04 bits per heavy atom. The number of aromatic nitrogens is 2. The van der Waals surface area contributed by atoms with E-state index in [4.69, 9.17) is 11.6 Å². The first-order valence-electron chi connectivity index (χ1n) is 7.98. The predicted molar refractivity (Wildman–Crippen MR) is 91.0 cm³/mol. The fourth-order valence-corrected chi connectivity index (χ4v) is 2.88. The molecule has 0 atom stereocenters. The Labute approximate surface area is 145 Å². The van der Waals surface area contributed by atoms with Crippen molar-refractivity contribution in [3.8, 4) is 0 Å². The van der Waals surface area contributed by atoms with Crippen LogP contribution in [-0.2, 0) is 13.1 Å². The Morgan fingerprint density at radius 3 is 2.75 bits per heavy atom. The summed E-state index contributed by atoms with van der Waals surface area (Å²) in [4.78, 5) is 26.5. The minimum atomic E-state index is -0.255. The lowest BCUT2D eigenvalue weighted by atomic mass is 10.2. The lowest BCUT2D eigenvalue weighted by Crippen LogP contribution is -2.30. The van der Waals surface area contributed by atoms with E-state index < -0.39 is 0 Å². The largest absolute Gasteiger partial charge is 0.351 e. The van der Waals surface area contributed by atoms with Gasteiger partial charge in [-0.15, -0.1) is 0 Å². The van der Waals surface area contributed by atoms with Gasteiger partial charge in [-0.2, -0.15) is 5.10 Å². The summed E-state index contributed by atoms with van der Waals surface area (Å²) in [5.41, 5.74) is 1.76. The van der Waals surface area contributed by atoms with E-state index in [1.165, 1.54) is 0 Å². The van der Waals surface area contributed by atoms with Gasteiger partial charge in [0.05, 0.1) is 0 Å². The zero-order chi connectivity index (χ0) is 17.1. The smallest absolute Gasteiger partial charge is 0.272 e. The molecule has 0 fully saturated rings. The van der Waals surface area contributed by atoms with Crippen molar-refractivity contribution < 1.29 is 9.59 Å². The van der Waals surface area contributed by atoms with Crippen LogP contribution in [0.15, 0.2) is 30.3 Å². The third-order valence-corrected chi connectivity index (χ3v) is 4.19. The van der Waals surface area contributed by atoms with E-state index in [1.807, 2.05) is 31.2 Å². The molecule has 0 spiro atoms. The Bertz CT molecular complexity index is 754. The van der Waals surface area contributed by atoms with Crippen LogP contribution in [0.25, 0.3) is 0 Å². The Kier molecular flexibility index (Phi) is 4.85. The van der Waals surface area contributed by atoms with Crippen LogP contribution in [-0.4, -0.2) is 39.6 Å². The molecule has 1 aliphatic rings. The van der Waals surface area contributed by atoms with E-state index in [1.54, 1.807) is 15.6 Å². The molecule has 2 aromatic rings. The number of rotatable bonds is 4. The summed E-state index contributed by atoms with van der Waals surface area (Å²) < 4.78 is 1.63. The van der Waals surface area contributed by atoms with Gasteiger partial charge in [0, 0.05) is 37.3 Å². The van der Waals surface area contributed by atoms with E-state index in [0.717, 1.165) is 12.0 Å². The monoisotopic (exact) mass is 346 g/mol. The molecule has 0 saturated carbocycles. The molecule has 2 amide bonds. The zero-order valence-corrected chi connectivity index (χ0v) is 14.2. The zero-order valence-electron chi connectivity index (χ0n) is 13.5. The fourth-order valence-electron chi connectivity index (χ4n) is 2.76. The summed E-state index contributed by atoms with van der Waals surface area (Å²) in [6, 6.07) is 9.04. The second kappa shape index (κ2) is 7.05. The third-order valence-electron chi connectivity index (χ3n) is 3.94. The Hall–Kier alpha value is -2.34. The molecule has 7 heteroatoms. The molecule has 2 heterocycles. The number of halogens is 1. The van der Waals surface area contributed by atoms with Crippen molar-refractivity contribution in [3.63, 3.8) is 0 Å². The summed E-state index contributed by atoms with van der Waals surface area (Å²) in [5, 5.41) is 7.65. The average Bonchev–Trinajstić information content (AvgIpc) is 2.94. The maximum atomic E-state index is 12.8. The van der Waals surface area contributed by atoms with Crippen molar-refractivity contribution in [1.82, 2.24) is 20.0 Å². The summed E-state index contributed by atoms with van der Waals surface area (Å²) in [7, 11) is 0. The van der Waals surface area contributed by atoms with E-state index in [0.29, 0.717) is 36.9 Å². The van der Waals surface area contributed by atoms with Crippen LogP contribution >= 0.6 is 11.6 Å². The van der Waals surface area contributed by atoms with Crippen LogP contribution < -0.4 is 5.32 Å². The second-order valence-corrected chi connectivity index (χ2v) is 6.14. The maximum absolute atomic E-state index is 12.8. The Balaban J connectivity index is 1.81. The summed E-state index contributed by atoms with van der Waals surface area (Å²) >= 11 is 5.90. The predicted octanol–water partition coefficient (Wildman–Crippen LogP) is 2.33. The van der Waals surface area contributed by atoms with Gasteiger partial charge in [0.25, 0.3) is 11.8 Å². The van der Waals surface area contributed by atoms with Crippen molar-refractivity contribution in [2.24, 2.45) is 0 Å². The SMILES string of the molecule is CCNC(=O)c1cc2n(n1)CCCN(Cc1ccc(Cl)cc1)C2=O. The molecule has 1 aromatic carbocycles. The van der Waals surface area contributed by atoms with Gasteiger partial charge in [-0.1, -0.05) is 23.7 Å². The number of fused-ring (bicyclic) bond motifs is 1. The van der Waals surface area contributed by atoms with Crippen molar-refractivity contribution >= 4 is 23.4 Å². The van der Waals surface area contributed by atoms with Crippen LogP contribution in [0.1, 0.15) is 39.9 Å². The molecule has 24 heavy (non-hydrogen) atoms. The fraction of sp³-hybridized carbons (Fsp3) is 0.353. The number of nitrogens with one attached hydrogen (secondary N) is 1. The van der Waals surface area contributed by atoms with Gasteiger partial charge in [-0.25, -0.2) is 0 Å². The molecule has 1 N–H and O–H groups in total. The van der Waals surface area contributed by atoms with E-state index >= 15 is 0 Å². The van der Waals surface area contributed by atoms with E-state index in [-0.39, 0.29) is 17.5 Å². The van der Waals surface area contributed by atoms with Gasteiger partial charge in [-0.3, -0.25) is 14.3 Å². The summed E-state index contributed by atoms with van der Waals surface area (Å²) in [6.45, 7) is 4.16. The lowest BCUT2D eigenvalue weighted by molar-refractivity contribution is 0.0745. The summed E-state index contributed by atoms with van der Waals surface area (Å²) in [6.07, 6.45) is 0.794. The molecule has 6 nitrogen and oxygen atoms in total. The molecular weight excluding hydrogens is 328 g/mol. The molecule has 0 bridgehead atoms. The molecule has 1 aliphatic heterocycles. The summed E-state index contributed by atoms with van der Waals surface area (Å²) in [5.74, 6) is -0.361. The number of amides is 2. The topological polar surface area (TPSA) is 67.2 Å². The van der Waals surface area contributed by atoms with Crippen LogP contribution in [0.2, 0.25) is 5.02 Å². The van der Waals surface area contributed by atoms with Gasteiger partial charge in [0.1, 0.15) is 5.69 Å². The van der Waals surface area contributed by atoms with Crippen molar-refractivity contribution in [2.45, 2.75) is 26.4 Å². The van der Waals surface area contributed by atoms with Crippen molar-refractivity contribution in [1.29, 1.82) is 0 Å². The minimum Gasteiger partial charge on any atom is -0.351 e. The highest BCUT2D eigenvalue weighted by molar-refractivity contribution is 6.30. The molecule has 0 radical (unpaired) electrons. The molecule has 0 unspecified atom stereocenters. The first-order valence-corrected chi connectivity index (χ1v) is 8.36. The molecule has 0 aliphatic carbocycles. The van der Waals surface area contributed by atoms with E-state index in [9.17, 15) is 9.59 Å². The molecule has 1 aromatic heterocycles. The number of benzene rings is 1. The van der Waals surface area contributed by atoms with Crippen LogP contribution in [0.3, 0.4) is 0 Å². The molecule has 0 saturated heterocycles. The first-order chi connectivity index (χ1) is 11.6. The highest BCUT2D eigenvalue weighted by Crippen LogP contribution is 2.18. The highest BCUT2D eigenvalue weighted by atomic mass is 35.5. The third kappa shape index (κ3) is 3.43. The Morgan fingerprint density at radius 1 is 1.29 bits per heavy atom. The quantitative estimate of drug-likeness (QED) is 0.924. The standard InChI is InChI=1S/C17H19ClN4O2/c1-2-19-16(23)14-10-15-17(24)21(8-3-9-22(15)20-14)11-12-4-6-13(18)7-5-12/h4-7,10H,2-3,8-9,11H2,1H3,(H,19,23). The number of hydrogen-bond acceptors (Lipinski definition) is 3. The van der Waals surface area contributed by atoms with Gasteiger partial charge in [0.15, 0.2) is 5.69 Å². The van der Waals surface area contributed by atoms with Gasteiger partial charge < -0.3 is 10.2 Å². The number of aryl methyl sites for hydroxylation is 1. The average molecular weight is 347 g/mol. The van der Waals surface area contributed by atoms with Crippen molar-refractivity contribution in [2.75, 3.05) is 13.1 Å². The number of hydrogen-bond donors (Lipinski definition) is 1. The normalized spacial score (nSPS) is 14.2. The molecule has 126 valence electrons.